The molecule has 0 unspecified atom stereocenters. The minimum absolute atomic E-state index is 0. The van der Waals surface area contributed by atoms with Crippen molar-refractivity contribution in [1.29, 1.82) is 0 Å². The standard InChI is InChI=1S/C9H8BN2.Ir/c1-3-7-11-9(5-1)12-8-4-2-6-10-12;/h1-8H;/q+1;. The van der Waals surface area contributed by atoms with E-state index < -0.39 is 0 Å². The van der Waals surface area contributed by atoms with Gasteiger partial charge in [0.05, 0.1) is 0 Å². The third kappa shape index (κ3) is 2.54. The first-order valence-electron chi connectivity index (χ1n) is 3.84. The molecule has 0 saturated heterocycles. The summed E-state index contributed by atoms with van der Waals surface area (Å²) in [4.78, 5) is 4.21. The zero-order valence-electron chi connectivity index (χ0n) is 6.92. The van der Waals surface area contributed by atoms with Crippen LogP contribution in [0.1, 0.15) is 0 Å². The molecular formula is C9H8BIrN2+. The fourth-order valence-electron chi connectivity index (χ4n) is 1.06. The van der Waals surface area contributed by atoms with E-state index in [1.165, 1.54) is 0 Å². The van der Waals surface area contributed by atoms with Gasteiger partial charge in [-0.25, -0.2) is 0 Å². The van der Waals surface area contributed by atoms with Crippen molar-refractivity contribution >= 4 is 7.05 Å². The summed E-state index contributed by atoms with van der Waals surface area (Å²) >= 11 is 0. The Morgan fingerprint density at radius 2 is 2.08 bits per heavy atom. The molecule has 0 amide bonds. The first kappa shape index (κ1) is 10.2. The molecule has 0 fully saturated rings. The van der Waals surface area contributed by atoms with Gasteiger partial charge >= 0.3 is 71.0 Å². The Kier molecular flexibility index (Phi) is 3.93. The normalized spacial score (nSPS) is 8.62. The second-order valence-electron chi connectivity index (χ2n) is 2.47. The Bertz CT molecular complexity index is 315. The van der Waals surface area contributed by atoms with E-state index in [9.17, 15) is 0 Å². The molecule has 4 heteroatoms. The van der Waals surface area contributed by atoms with E-state index in [0.29, 0.717) is 0 Å². The number of nitrogens with zero attached hydrogens (tertiary/aromatic N) is 2. The number of hydrogen-bond acceptors (Lipinski definition) is 1. The number of hydrogen-bond donors (Lipinski definition) is 0. The quantitative estimate of drug-likeness (QED) is 0.742. The molecule has 13 heavy (non-hydrogen) atoms. The van der Waals surface area contributed by atoms with Gasteiger partial charge in [-0.05, 0) is 0 Å². The predicted molar refractivity (Wildman–Crippen MR) is 47.1 cm³/mol. The molecule has 0 aliphatic heterocycles. The van der Waals surface area contributed by atoms with Crippen molar-refractivity contribution < 1.29 is 24.6 Å². The van der Waals surface area contributed by atoms with Gasteiger partial charge in [-0.2, -0.15) is 0 Å². The molecule has 0 aliphatic carbocycles. The molecule has 0 atom stereocenters. The van der Waals surface area contributed by atoms with Gasteiger partial charge in [-0.3, -0.25) is 0 Å². The van der Waals surface area contributed by atoms with Crippen LogP contribution in [0.3, 0.4) is 0 Å². The van der Waals surface area contributed by atoms with Crippen LogP contribution < -0.4 is 4.47 Å². The van der Waals surface area contributed by atoms with Crippen LogP contribution in [-0.2, 0) is 20.1 Å². The first-order chi connectivity index (χ1) is 5.97. The molecule has 0 spiro atoms. The van der Waals surface area contributed by atoms with Gasteiger partial charge in [0.25, 0.3) is 0 Å². The van der Waals surface area contributed by atoms with Crippen molar-refractivity contribution in [3.63, 3.8) is 0 Å². The maximum absolute atomic E-state index is 4.21. The van der Waals surface area contributed by atoms with E-state index in [-0.39, 0.29) is 20.1 Å². The van der Waals surface area contributed by atoms with Gasteiger partial charge in [-0.1, -0.05) is 0 Å². The average Bonchev–Trinajstić information content (AvgIpc) is 2.21. The summed E-state index contributed by atoms with van der Waals surface area (Å²) in [7, 11) is 1.97. The van der Waals surface area contributed by atoms with E-state index in [1.807, 2.05) is 54.0 Å². The van der Waals surface area contributed by atoms with Crippen LogP contribution in [0.25, 0.3) is 5.82 Å². The van der Waals surface area contributed by atoms with E-state index in [1.54, 1.807) is 6.20 Å². The summed E-state index contributed by atoms with van der Waals surface area (Å²) in [5, 5.41) is 0. The predicted octanol–water partition coefficient (Wildman–Crippen LogP) is 0.694. The molecule has 0 saturated carbocycles. The Labute approximate surface area is 91.2 Å². The molecule has 2 aromatic rings. The van der Waals surface area contributed by atoms with Crippen LogP contribution in [-0.4, -0.2) is 12.0 Å². The SMILES string of the molecule is [Ir].b1cccc[n+]1-c1ccccn1. The molecule has 2 rings (SSSR count). The third-order valence-corrected chi connectivity index (χ3v) is 1.63. The molecule has 2 aromatic heterocycles. The Morgan fingerprint density at radius 1 is 1.15 bits per heavy atom. The summed E-state index contributed by atoms with van der Waals surface area (Å²) < 4.78 is 1.97. The van der Waals surface area contributed by atoms with E-state index in [4.69, 9.17) is 0 Å². The van der Waals surface area contributed by atoms with Gasteiger partial charge in [0, 0.05) is 20.1 Å². The van der Waals surface area contributed by atoms with Gasteiger partial charge in [0.1, 0.15) is 0 Å². The van der Waals surface area contributed by atoms with Crippen molar-refractivity contribution in [1.82, 2.24) is 4.98 Å². The summed E-state index contributed by atoms with van der Waals surface area (Å²) in [6.45, 7) is 0. The van der Waals surface area contributed by atoms with Crippen LogP contribution in [0.4, 0.5) is 0 Å². The minimum atomic E-state index is 0. The van der Waals surface area contributed by atoms with Gasteiger partial charge < -0.3 is 0 Å². The zero-order valence-corrected chi connectivity index (χ0v) is 9.32. The molecule has 0 bridgehead atoms. The second kappa shape index (κ2) is 5.00. The van der Waals surface area contributed by atoms with E-state index >= 15 is 0 Å². The van der Waals surface area contributed by atoms with E-state index in [0.717, 1.165) is 5.82 Å². The first-order valence-corrected chi connectivity index (χ1v) is 3.84. The summed E-state index contributed by atoms with van der Waals surface area (Å²) in [6, 6.07) is 9.82. The molecule has 0 N–H and O–H groups in total. The Morgan fingerprint density at radius 3 is 2.69 bits per heavy atom. The topological polar surface area (TPSA) is 16.8 Å². The molecule has 1 radical (unpaired) electrons. The summed E-state index contributed by atoms with van der Waals surface area (Å²) in [5.41, 5.74) is 0. The van der Waals surface area contributed by atoms with E-state index in [2.05, 4.69) is 4.98 Å². The van der Waals surface area contributed by atoms with Crippen LogP contribution >= 0.6 is 0 Å². The van der Waals surface area contributed by atoms with Crippen LogP contribution in [0.5, 0.6) is 0 Å². The number of rotatable bonds is 1. The monoisotopic (exact) mass is 348 g/mol. The fourth-order valence-corrected chi connectivity index (χ4v) is 1.06. The second-order valence-corrected chi connectivity index (χ2v) is 2.47. The average molecular weight is 347 g/mol. The van der Waals surface area contributed by atoms with Gasteiger partial charge in [0.2, 0.25) is 0 Å². The Balaban J connectivity index is 0.000000845. The van der Waals surface area contributed by atoms with Crippen LogP contribution in [0, 0.1) is 0 Å². The molecule has 2 nitrogen and oxygen atoms in total. The van der Waals surface area contributed by atoms with Crippen molar-refractivity contribution in [3.8, 4) is 5.82 Å². The summed E-state index contributed by atoms with van der Waals surface area (Å²) in [6.07, 6.45) is 3.76. The summed E-state index contributed by atoms with van der Waals surface area (Å²) in [5.74, 6) is 2.92. The van der Waals surface area contributed by atoms with Gasteiger partial charge in [-0.15, -0.1) is 0 Å². The number of aromatic nitrogens is 2. The third-order valence-electron chi connectivity index (χ3n) is 1.63. The maximum atomic E-state index is 4.21. The van der Waals surface area contributed by atoms with Crippen molar-refractivity contribution in [2.75, 3.05) is 0 Å². The molecular weight excluding hydrogens is 339 g/mol. The zero-order chi connectivity index (χ0) is 8.23. The van der Waals surface area contributed by atoms with Crippen molar-refractivity contribution in [2.24, 2.45) is 0 Å². The molecule has 65 valence electrons. The molecule has 0 aromatic carbocycles. The molecule has 0 aliphatic rings. The number of pyridine rings is 1. The van der Waals surface area contributed by atoms with Crippen LogP contribution in [0.15, 0.2) is 48.7 Å². The fraction of sp³-hybridized carbons (Fsp3) is 0. The van der Waals surface area contributed by atoms with Crippen molar-refractivity contribution in [2.45, 2.75) is 0 Å². The van der Waals surface area contributed by atoms with Gasteiger partial charge in [0.15, 0.2) is 0 Å². The van der Waals surface area contributed by atoms with Crippen LogP contribution in [0.2, 0.25) is 0 Å². The van der Waals surface area contributed by atoms with Crippen molar-refractivity contribution in [3.05, 3.63) is 48.7 Å². The molecule has 2 heterocycles. The Hall–Kier alpha value is -0.856.